The maximum atomic E-state index is 15.4. The number of aliphatic carboxylic acids is 1. The highest BCUT2D eigenvalue weighted by Gasteiger charge is 2.35. The van der Waals surface area contributed by atoms with Crippen LogP contribution in [0.2, 0.25) is 0 Å². The van der Waals surface area contributed by atoms with Gasteiger partial charge in [0.25, 0.3) is 11.5 Å². The molecular formula is C34H29F2N9O7S. The SMILES string of the molecule is CCc1cn(-c2ccc(S3(Nc4cc(F)c(C(=O)N[C@@H](Cc5ccc(-n6c(=O)c7ccncc7n(C)c6=O)nc5)C(=O)O)cc4F)OCO3)cc2)nn1. The van der Waals surface area contributed by atoms with E-state index in [0.29, 0.717) is 34.2 Å². The Bertz CT molecular complexity index is 2500. The lowest BCUT2D eigenvalue weighted by molar-refractivity contribution is -0.139. The second-order valence-corrected chi connectivity index (χ2v) is 13.9. The Balaban J connectivity index is 1.06. The van der Waals surface area contributed by atoms with Crippen LogP contribution in [0.5, 0.6) is 0 Å². The molecule has 19 heteroatoms. The van der Waals surface area contributed by atoms with Gasteiger partial charge in [0.2, 0.25) is 0 Å². The van der Waals surface area contributed by atoms with E-state index < -0.39 is 57.1 Å². The van der Waals surface area contributed by atoms with E-state index in [2.05, 4.69) is 30.3 Å². The first-order valence-electron chi connectivity index (χ1n) is 15.9. The van der Waals surface area contributed by atoms with Gasteiger partial charge in [0, 0.05) is 31.9 Å². The van der Waals surface area contributed by atoms with Crippen molar-refractivity contribution in [1.82, 2.24) is 39.4 Å². The number of aromatic nitrogens is 7. The van der Waals surface area contributed by atoms with Gasteiger partial charge in [0.15, 0.2) is 6.79 Å². The number of carboxylic acids is 1. The molecule has 272 valence electrons. The summed E-state index contributed by atoms with van der Waals surface area (Å²) in [4.78, 5) is 59.9. The molecule has 0 unspecified atom stereocenters. The van der Waals surface area contributed by atoms with Crippen LogP contribution in [0.25, 0.3) is 22.4 Å². The van der Waals surface area contributed by atoms with Crippen molar-refractivity contribution in [2.75, 3.05) is 11.5 Å². The largest absolute Gasteiger partial charge is 0.480 e. The number of aryl methyl sites for hydroxylation is 2. The van der Waals surface area contributed by atoms with Gasteiger partial charge in [-0.15, -0.1) is 5.10 Å². The fraction of sp³-hybridized carbons (Fsp3) is 0.176. The van der Waals surface area contributed by atoms with Crippen LogP contribution in [-0.4, -0.2) is 63.9 Å². The Morgan fingerprint density at radius 2 is 1.81 bits per heavy atom. The normalized spacial score (nSPS) is 14.6. The van der Waals surface area contributed by atoms with E-state index >= 15 is 8.78 Å². The average molecular weight is 746 g/mol. The molecule has 1 fully saturated rings. The van der Waals surface area contributed by atoms with Gasteiger partial charge in [0.05, 0.1) is 50.8 Å². The number of hydrogen-bond donors (Lipinski definition) is 3. The second kappa shape index (κ2) is 14.0. The minimum Gasteiger partial charge on any atom is -0.480 e. The molecule has 2 aromatic carbocycles. The van der Waals surface area contributed by atoms with Gasteiger partial charge in [-0.1, -0.05) is 29.0 Å². The zero-order valence-electron chi connectivity index (χ0n) is 27.9. The molecule has 1 amide bonds. The zero-order valence-corrected chi connectivity index (χ0v) is 28.7. The van der Waals surface area contributed by atoms with Gasteiger partial charge in [-0.3, -0.25) is 23.9 Å². The number of halogens is 2. The lowest BCUT2D eigenvalue weighted by Crippen LogP contribution is -2.42. The molecule has 0 saturated carbocycles. The smallest absolute Gasteiger partial charge is 0.337 e. The van der Waals surface area contributed by atoms with E-state index in [1.807, 2.05) is 6.92 Å². The van der Waals surface area contributed by atoms with Gasteiger partial charge in [-0.25, -0.2) is 41.0 Å². The van der Waals surface area contributed by atoms with Crippen molar-refractivity contribution < 1.29 is 31.8 Å². The van der Waals surface area contributed by atoms with Crippen molar-refractivity contribution in [3.8, 4) is 11.5 Å². The van der Waals surface area contributed by atoms with Crippen LogP contribution in [0.3, 0.4) is 0 Å². The third kappa shape index (κ3) is 6.63. The third-order valence-corrected chi connectivity index (χ3v) is 10.7. The standard InChI is InChI=1S/C34H29F2N9O7S/c1-3-20-17-44(42-40-20)21-5-7-22(8-6-21)53(51-18-52-53)41-27-14-25(35)24(13-26(27)36)31(46)39-28(33(48)49)12-19-4-9-30(38-15-19)45-32(47)23-10-11-37-16-29(23)43(2)34(45)50/h4-11,13-17,28,41H,3,12,18H2,1-2H3,(H,39,46)(H,48,49)/t28-/m0/s1. The third-order valence-electron chi connectivity index (χ3n) is 8.44. The number of fused-ring (bicyclic) bond motifs is 1. The molecule has 4 aromatic heterocycles. The van der Waals surface area contributed by atoms with Gasteiger partial charge < -0.3 is 10.4 Å². The van der Waals surface area contributed by atoms with Gasteiger partial charge >= 0.3 is 11.7 Å². The number of hydrogen-bond acceptors (Lipinski definition) is 11. The maximum Gasteiger partial charge on any atom is 0.337 e. The summed E-state index contributed by atoms with van der Waals surface area (Å²) < 4.78 is 48.6. The first-order valence-corrected chi connectivity index (χ1v) is 17.4. The molecular weight excluding hydrogens is 716 g/mol. The summed E-state index contributed by atoms with van der Waals surface area (Å²) in [5, 5.41) is 20.5. The monoisotopic (exact) mass is 745 g/mol. The Morgan fingerprint density at radius 1 is 1.04 bits per heavy atom. The number of amides is 1. The van der Waals surface area contributed by atoms with Crippen LogP contribution >= 0.6 is 10.8 Å². The highest BCUT2D eigenvalue weighted by atomic mass is 32.3. The van der Waals surface area contributed by atoms with E-state index in [-0.39, 0.29) is 30.1 Å². The number of carboxylic acid groups (broad SMARTS) is 1. The molecule has 0 bridgehead atoms. The van der Waals surface area contributed by atoms with Crippen LogP contribution in [0.4, 0.5) is 14.5 Å². The molecule has 1 aliphatic rings. The summed E-state index contributed by atoms with van der Waals surface area (Å²) >= 11 is 0. The second-order valence-electron chi connectivity index (χ2n) is 11.7. The number of anilines is 1. The predicted molar refractivity (Wildman–Crippen MR) is 187 cm³/mol. The summed E-state index contributed by atoms with van der Waals surface area (Å²) in [5.41, 5.74) is -0.225. The minimum absolute atomic E-state index is 0.0177. The summed E-state index contributed by atoms with van der Waals surface area (Å²) in [6, 6.07) is 10.9. The first kappa shape index (κ1) is 35.1. The molecule has 1 aliphatic heterocycles. The van der Waals surface area contributed by atoms with Crippen molar-refractivity contribution in [3.05, 3.63) is 129 Å². The highest BCUT2D eigenvalue weighted by Crippen LogP contribution is 2.63. The number of rotatable bonds is 11. The minimum atomic E-state index is -2.73. The van der Waals surface area contributed by atoms with Crippen LogP contribution in [0.1, 0.15) is 28.5 Å². The molecule has 0 aliphatic carbocycles. The zero-order chi connectivity index (χ0) is 37.4. The predicted octanol–water partition coefficient (Wildman–Crippen LogP) is 3.35. The fourth-order valence-corrected chi connectivity index (χ4v) is 7.28. The number of nitrogens with one attached hydrogen (secondary N) is 2. The molecule has 1 atom stereocenters. The van der Waals surface area contributed by atoms with E-state index in [1.165, 1.54) is 48.4 Å². The van der Waals surface area contributed by atoms with Crippen LogP contribution < -0.4 is 21.3 Å². The van der Waals surface area contributed by atoms with Crippen LogP contribution in [0, 0.1) is 11.6 Å². The topological polar surface area (TPSA) is 197 Å². The number of nitrogens with zero attached hydrogens (tertiary/aromatic N) is 7. The maximum absolute atomic E-state index is 15.4. The summed E-state index contributed by atoms with van der Waals surface area (Å²) in [6.07, 6.45) is 6.24. The van der Waals surface area contributed by atoms with Gasteiger partial charge in [-0.05, 0) is 54.4 Å². The van der Waals surface area contributed by atoms with Crippen molar-refractivity contribution in [3.63, 3.8) is 0 Å². The molecule has 7 rings (SSSR count). The number of pyridine rings is 2. The summed E-state index contributed by atoms with van der Waals surface area (Å²) in [5.74, 6) is -4.82. The molecule has 3 N–H and O–H groups in total. The van der Waals surface area contributed by atoms with Crippen molar-refractivity contribution in [2.45, 2.75) is 30.7 Å². The molecule has 6 aromatic rings. The Morgan fingerprint density at radius 3 is 2.45 bits per heavy atom. The summed E-state index contributed by atoms with van der Waals surface area (Å²) in [6.45, 7) is 1.87. The van der Waals surface area contributed by atoms with Crippen LogP contribution in [-0.2, 0) is 33.1 Å². The number of carbonyl (C=O) groups excluding carboxylic acids is 1. The number of carbonyl (C=O) groups is 2. The molecule has 0 radical (unpaired) electrons. The van der Waals surface area contributed by atoms with E-state index in [1.54, 1.807) is 35.1 Å². The number of benzene rings is 2. The average Bonchev–Trinajstić information content (AvgIpc) is 3.63. The Hall–Kier alpha value is -6.31. The fourth-order valence-electron chi connectivity index (χ4n) is 5.54. The van der Waals surface area contributed by atoms with Gasteiger partial charge in [-0.2, -0.15) is 0 Å². The highest BCUT2D eigenvalue weighted by molar-refractivity contribution is 8.27. The quantitative estimate of drug-likeness (QED) is 0.175. The molecule has 5 heterocycles. The van der Waals surface area contributed by atoms with Crippen molar-refractivity contribution in [1.29, 1.82) is 0 Å². The molecule has 53 heavy (non-hydrogen) atoms. The van der Waals surface area contributed by atoms with Crippen molar-refractivity contribution >= 4 is 39.2 Å². The van der Waals surface area contributed by atoms with Gasteiger partial charge in [0.1, 0.15) is 23.5 Å². The first-order chi connectivity index (χ1) is 25.5. The van der Waals surface area contributed by atoms with Crippen molar-refractivity contribution in [2.24, 2.45) is 7.05 Å². The molecule has 0 spiro atoms. The lowest BCUT2D eigenvalue weighted by atomic mass is 10.1. The summed E-state index contributed by atoms with van der Waals surface area (Å²) in [7, 11) is -1.25. The Labute approximate surface area is 299 Å². The lowest BCUT2D eigenvalue weighted by Gasteiger charge is -2.50. The molecule has 16 nitrogen and oxygen atoms in total. The van der Waals surface area contributed by atoms with E-state index in [9.17, 15) is 24.3 Å². The molecule has 1 saturated heterocycles. The van der Waals surface area contributed by atoms with E-state index in [4.69, 9.17) is 8.37 Å². The Kier molecular flexibility index (Phi) is 9.28. The van der Waals surface area contributed by atoms with E-state index in [0.717, 1.165) is 16.3 Å². The van der Waals surface area contributed by atoms with Crippen LogP contribution in [0.15, 0.2) is 93.9 Å².